The second kappa shape index (κ2) is 4.14. The van der Waals surface area contributed by atoms with Crippen LogP contribution in [0.25, 0.3) is 0 Å². The van der Waals surface area contributed by atoms with Crippen LogP contribution in [0, 0.1) is 13.8 Å². The van der Waals surface area contributed by atoms with Gasteiger partial charge in [0.25, 0.3) is 0 Å². The minimum Gasteiger partial charge on any atom is -0.360 e. The van der Waals surface area contributed by atoms with E-state index in [1.807, 2.05) is 0 Å². The van der Waals surface area contributed by atoms with Crippen LogP contribution in [0.5, 0.6) is 0 Å². The lowest BCUT2D eigenvalue weighted by Gasteiger charge is -2.26. The van der Waals surface area contributed by atoms with Crippen LogP contribution in [0.15, 0.2) is 15.6 Å². The van der Waals surface area contributed by atoms with Gasteiger partial charge in [-0.05, 0) is 13.8 Å². The molecule has 0 unspecified atom stereocenters. The van der Waals surface area contributed by atoms with Crippen molar-refractivity contribution in [3.05, 3.63) is 23.3 Å². The number of aryl methyl sites for hydroxylation is 2. The molecule has 0 saturated heterocycles. The standard InChI is InChI=1S/C10H13N5O3S/c1-7-10(8(2)18-12-7)19(16,17)14-3-4-15-9(6-14)5-11-13-15/h5H,3-4,6H2,1-2H3. The van der Waals surface area contributed by atoms with E-state index in [0.29, 0.717) is 24.5 Å². The van der Waals surface area contributed by atoms with Crippen molar-refractivity contribution in [3.8, 4) is 0 Å². The molecule has 0 aliphatic carbocycles. The Morgan fingerprint density at radius 2 is 2.11 bits per heavy atom. The molecule has 0 spiro atoms. The first-order chi connectivity index (χ1) is 9.00. The summed E-state index contributed by atoms with van der Waals surface area (Å²) in [6, 6.07) is 0. The van der Waals surface area contributed by atoms with Gasteiger partial charge in [-0.2, -0.15) is 4.31 Å². The summed E-state index contributed by atoms with van der Waals surface area (Å²) in [6.07, 6.45) is 1.58. The fraction of sp³-hybridized carbons (Fsp3) is 0.500. The highest BCUT2D eigenvalue weighted by Crippen LogP contribution is 2.25. The van der Waals surface area contributed by atoms with Crippen molar-refractivity contribution in [2.45, 2.75) is 31.8 Å². The lowest BCUT2D eigenvalue weighted by Crippen LogP contribution is -2.38. The Hall–Kier alpha value is -1.74. The average molecular weight is 283 g/mol. The van der Waals surface area contributed by atoms with Gasteiger partial charge in [-0.3, -0.25) is 0 Å². The third-order valence-corrected chi connectivity index (χ3v) is 5.25. The number of hydrogen-bond acceptors (Lipinski definition) is 6. The Balaban J connectivity index is 1.99. The molecular formula is C10H13N5O3S. The van der Waals surface area contributed by atoms with Gasteiger partial charge < -0.3 is 4.52 Å². The maximum atomic E-state index is 12.6. The molecule has 0 aromatic carbocycles. The molecule has 19 heavy (non-hydrogen) atoms. The molecule has 2 aromatic heterocycles. The third kappa shape index (κ3) is 1.85. The molecule has 1 aliphatic heterocycles. The molecule has 0 saturated carbocycles. The van der Waals surface area contributed by atoms with E-state index in [9.17, 15) is 8.42 Å². The summed E-state index contributed by atoms with van der Waals surface area (Å²) >= 11 is 0. The van der Waals surface area contributed by atoms with Gasteiger partial charge in [0.2, 0.25) is 10.0 Å². The van der Waals surface area contributed by atoms with E-state index in [-0.39, 0.29) is 11.4 Å². The van der Waals surface area contributed by atoms with Crippen LogP contribution in [-0.4, -0.2) is 39.4 Å². The van der Waals surface area contributed by atoms with Crippen LogP contribution < -0.4 is 0 Å². The largest absolute Gasteiger partial charge is 0.360 e. The molecule has 0 radical (unpaired) electrons. The molecule has 0 fully saturated rings. The predicted molar refractivity (Wildman–Crippen MR) is 63.6 cm³/mol. The Kier molecular flexibility index (Phi) is 2.68. The van der Waals surface area contributed by atoms with Crippen LogP contribution in [-0.2, 0) is 23.1 Å². The second-order valence-electron chi connectivity index (χ2n) is 4.44. The van der Waals surface area contributed by atoms with Gasteiger partial charge in [-0.15, -0.1) is 5.10 Å². The maximum absolute atomic E-state index is 12.6. The lowest BCUT2D eigenvalue weighted by atomic mass is 10.4. The van der Waals surface area contributed by atoms with E-state index in [1.165, 1.54) is 4.31 Å². The molecular weight excluding hydrogens is 270 g/mol. The normalized spacial score (nSPS) is 16.5. The quantitative estimate of drug-likeness (QED) is 0.775. The van der Waals surface area contributed by atoms with Crippen molar-refractivity contribution in [1.82, 2.24) is 24.5 Å². The van der Waals surface area contributed by atoms with E-state index >= 15 is 0 Å². The number of fused-ring (bicyclic) bond motifs is 1. The smallest absolute Gasteiger partial charge is 0.248 e. The molecule has 0 N–H and O–H groups in total. The highest BCUT2D eigenvalue weighted by atomic mass is 32.2. The summed E-state index contributed by atoms with van der Waals surface area (Å²) in [6.45, 7) is 4.35. The number of nitrogens with zero attached hydrogens (tertiary/aromatic N) is 5. The summed E-state index contributed by atoms with van der Waals surface area (Å²) in [5.74, 6) is 0.315. The second-order valence-corrected chi connectivity index (χ2v) is 6.32. The van der Waals surface area contributed by atoms with Crippen LogP contribution in [0.2, 0.25) is 0 Å². The van der Waals surface area contributed by atoms with Gasteiger partial charge in [0.15, 0.2) is 5.76 Å². The van der Waals surface area contributed by atoms with E-state index in [2.05, 4.69) is 15.5 Å². The Labute approximate surface area is 110 Å². The molecule has 2 aromatic rings. The average Bonchev–Trinajstić information content (AvgIpc) is 2.95. The lowest BCUT2D eigenvalue weighted by molar-refractivity contribution is 0.323. The summed E-state index contributed by atoms with van der Waals surface area (Å²) in [7, 11) is -3.59. The van der Waals surface area contributed by atoms with Crippen molar-refractivity contribution < 1.29 is 12.9 Å². The summed E-state index contributed by atoms with van der Waals surface area (Å²) in [4.78, 5) is 0.161. The van der Waals surface area contributed by atoms with Gasteiger partial charge in [-0.1, -0.05) is 10.4 Å². The number of aromatic nitrogens is 4. The van der Waals surface area contributed by atoms with E-state index < -0.39 is 10.0 Å². The number of hydrogen-bond donors (Lipinski definition) is 0. The van der Waals surface area contributed by atoms with Crippen molar-refractivity contribution in [3.63, 3.8) is 0 Å². The minimum absolute atomic E-state index is 0.161. The molecule has 3 rings (SSSR count). The summed E-state index contributed by atoms with van der Waals surface area (Å²) in [5.41, 5.74) is 1.16. The van der Waals surface area contributed by atoms with Crippen LogP contribution in [0.4, 0.5) is 0 Å². The van der Waals surface area contributed by atoms with Gasteiger partial charge in [0.05, 0.1) is 25.0 Å². The van der Waals surface area contributed by atoms with Crippen molar-refractivity contribution in [2.24, 2.45) is 0 Å². The zero-order valence-electron chi connectivity index (χ0n) is 10.6. The van der Waals surface area contributed by atoms with Gasteiger partial charge in [-0.25, -0.2) is 13.1 Å². The molecule has 0 amide bonds. The van der Waals surface area contributed by atoms with Crippen LogP contribution in [0.3, 0.4) is 0 Å². The number of rotatable bonds is 2. The molecule has 0 atom stereocenters. The first-order valence-electron chi connectivity index (χ1n) is 5.80. The fourth-order valence-electron chi connectivity index (χ4n) is 2.23. The van der Waals surface area contributed by atoms with Crippen LogP contribution >= 0.6 is 0 Å². The third-order valence-electron chi connectivity index (χ3n) is 3.16. The first kappa shape index (κ1) is 12.3. The van der Waals surface area contributed by atoms with E-state index in [4.69, 9.17) is 4.52 Å². The van der Waals surface area contributed by atoms with E-state index in [1.54, 1.807) is 24.7 Å². The Morgan fingerprint density at radius 1 is 1.32 bits per heavy atom. The monoisotopic (exact) mass is 283 g/mol. The number of sulfonamides is 1. The molecule has 102 valence electrons. The summed E-state index contributed by atoms with van der Waals surface area (Å²) in [5, 5.41) is 11.4. The van der Waals surface area contributed by atoms with E-state index in [0.717, 1.165) is 5.69 Å². The Bertz CT molecular complexity index is 698. The Morgan fingerprint density at radius 3 is 2.79 bits per heavy atom. The molecule has 0 bridgehead atoms. The zero-order chi connectivity index (χ0) is 13.6. The molecule has 8 nitrogen and oxygen atoms in total. The van der Waals surface area contributed by atoms with Crippen molar-refractivity contribution in [1.29, 1.82) is 0 Å². The predicted octanol–water partition coefficient (Wildman–Crippen LogP) is 0.0874. The highest BCUT2D eigenvalue weighted by Gasteiger charge is 2.33. The zero-order valence-corrected chi connectivity index (χ0v) is 11.4. The van der Waals surface area contributed by atoms with Gasteiger partial charge in [0, 0.05) is 6.54 Å². The molecule has 9 heteroatoms. The molecule has 3 heterocycles. The first-order valence-corrected chi connectivity index (χ1v) is 7.24. The molecule has 1 aliphatic rings. The van der Waals surface area contributed by atoms with Gasteiger partial charge >= 0.3 is 0 Å². The van der Waals surface area contributed by atoms with Crippen molar-refractivity contribution >= 4 is 10.0 Å². The summed E-state index contributed by atoms with van der Waals surface area (Å²) < 4.78 is 33.2. The topological polar surface area (TPSA) is 94.1 Å². The SMILES string of the molecule is Cc1noc(C)c1S(=O)(=O)N1CCn2nncc2C1. The van der Waals surface area contributed by atoms with Crippen molar-refractivity contribution in [2.75, 3.05) is 6.54 Å². The minimum atomic E-state index is -3.59. The van der Waals surface area contributed by atoms with Gasteiger partial charge in [0.1, 0.15) is 10.6 Å². The highest BCUT2D eigenvalue weighted by molar-refractivity contribution is 7.89. The maximum Gasteiger partial charge on any atom is 0.248 e. The van der Waals surface area contributed by atoms with Crippen LogP contribution in [0.1, 0.15) is 17.1 Å². The fourth-order valence-corrected chi connectivity index (χ4v) is 3.93.